The van der Waals surface area contributed by atoms with Gasteiger partial charge in [0.15, 0.2) is 4.90 Å². The molecule has 0 saturated carbocycles. The molecule has 1 saturated heterocycles. The van der Waals surface area contributed by atoms with Gasteiger partial charge >= 0.3 is 0 Å². The zero-order valence-corrected chi connectivity index (χ0v) is 11.8. The van der Waals surface area contributed by atoms with Crippen molar-refractivity contribution in [1.29, 1.82) is 0 Å². The van der Waals surface area contributed by atoms with E-state index in [4.69, 9.17) is 0 Å². The highest BCUT2D eigenvalue weighted by Gasteiger charge is 2.28. The topological polar surface area (TPSA) is 17.1 Å². The maximum Gasteiger partial charge on any atom is 0.154 e. The number of Topliss-reactive ketones (excluding diaryl/α,β-unsaturated/α-hetero) is 1. The Balaban J connectivity index is 2.10. The summed E-state index contributed by atoms with van der Waals surface area (Å²) in [6.07, 6.45) is 1.56. The van der Waals surface area contributed by atoms with Crippen LogP contribution in [0.4, 0.5) is 0 Å². The van der Waals surface area contributed by atoms with Crippen molar-refractivity contribution in [1.82, 2.24) is 0 Å². The van der Waals surface area contributed by atoms with Gasteiger partial charge in [-0.15, -0.1) is 0 Å². The minimum atomic E-state index is 0.226. The fourth-order valence-corrected chi connectivity index (χ4v) is 4.23. The van der Waals surface area contributed by atoms with Gasteiger partial charge in [-0.3, -0.25) is 4.79 Å². The van der Waals surface area contributed by atoms with E-state index in [2.05, 4.69) is 45.0 Å². The number of rotatable bonds is 1. The van der Waals surface area contributed by atoms with Gasteiger partial charge in [-0.1, -0.05) is 32.9 Å². The van der Waals surface area contributed by atoms with Crippen molar-refractivity contribution >= 4 is 16.7 Å². The number of carbonyl (C=O) groups excluding carboxylic acids is 1. The van der Waals surface area contributed by atoms with Crippen LogP contribution in [0, 0.1) is 0 Å². The molecule has 2 heteroatoms. The van der Waals surface area contributed by atoms with E-state index in [1.807, 2.05) is 0 Å². The summed E-state index contributed by atoms with van der Waals surface area (Å²) in [6.45, 7) is 6.72. The molecule has 1 nitrogen and oxygen atoms in total. The van der Waals surface area contributed by atoms with E-state index in [9.17, 15) is 4.79 Å². The summed E-state index contributed by atoms with van der Waals surface area (Å²) >= 11 is 0. The Morgan fingerprint density at radius 3 is 2.00 bits per heavy atom. The molecular weight excluding hydrogens is 228 g/mol. The lowest BCUT2D eigenvalue weighted by Crippen LogP contribution is -2.24. The van der Waals surface area contributed by atoms with Gasteiger partial charge < -0.3 is 0 Å². The fourth-order valence-electron chi connectivity index (χ4n) is 2.08. The van der Waals surface area contributed by atoms with Gasteiger partial charge in [0.25, 0.3) is 0 Å². The second kappa shape index (κ2) is 4.85. The van der Waals surface area contributed by atoms with Crippen LogP contribution in [0.2, 0.25) is 0 Å². The molecule has 0 radical (unpaired) electrons. The van der Waals surface area contributed by atoms with Crippen molar-refractivity contribution < 1.29 is 4.79 Å². The van der Waals surface area contributed by atoms with Crippen molar-refractivity contribution in [3.8, 4) is 0 Å². The summed E-state index contributed by atoms with van der Waals surface area (Å²) in [4.78, 5) is 12.7. The Kier molecular flexibility index (Phi) is 3.62. The van der Waals surface area contributed by atoms with Gasteiger partial charge in [0.2, 0.25) is 0 Å². The largest absolute Gasteiger partial charge is 0.299 e. The Labute approximate surface area is 107 Å². The molecule has 92 valence electrons. The summed E-state index contributed by atoms with van der Waals surface area (Å²) in [7, 11) is 0.315. The summed E-state index contributed by atoms with van der Waals surface area (Å²) in [5.74, 6) is 2.57. The maximum atomic E-state index is 11.2. The molecular formula is C15H21OS+. The second-order valence-electron chi connectivity index (χ2n) is 5.71. The summed E-state index contributed by atoms with van der Waals surface area (Å²) in [6, 6.07) is 9.02. The first-order chi connectivity index (χ1) is 7.97. The molecule has 0 spiro atoms. The minimum absolute atomic E-state index is 0.226. The van der Waals surface area contributed by atoms with Crippen LogP contribution in [0.1, 0.15) is 39.2 Å². The highest BCUT2D eigenvalue weighted by atomic mass is 32.2. The molecule has 1 aliphatic heterocycles. The maximum absolute atomic E-state index is 11.2. The van der Waals surface area contributed by atoms with Crippen LogP contribution in [0.3, 0.4) is 0 Å². The first-order valence-electron chi connectivity index (χ1n) is 6.26. The Hall–Kier alpha value is -0.760. The molecule has 1 aromatic rings. The third kappa shape index (κ3) is 3.12. The molecule has 1 heterocycles. The lowest BCUT2D eigenvalue weighted by molar-refractivity contribution is -0.118. The van der Waals surface area contributed by atoms with Crippen molar-refractivity contribution in [2.24, 2.45) is 0 Å². The van der Waals surface area contributed by atoms with E-state index in [0.717, 1.165) is 24.3 Å². The Morgan fingerprint density at radius 1 is 1.00 bits per heavy atom. The third-order valence-corrected chi connectivity index (χ3v) is 5.64. The highest BCUT2D eigenvalue weighted by molar-refractivity contribution is 7.97. The second-order valence-corrected chi connectivity index (χ2v) is 7.99. The summed E-state index contributed by atoms with van der Waals surface area (Å²) in [5.41, 5.74) is 1.61. The quantitative estimate of drug-likeness (QED) is 0.698. The van der Waals surface area contributed by atoms with E-state index in [1.54, 1.807) is 0 Å². The molecule has 0 atom stereocenters. The number of ketones is 1. The van der Waals surface area contributed by atoms with Gasteiger partial charge in [0.05, 0.1) is 12.8 Å². The van der Waals surface area contributed by atoms with Crippen LogP contribution in [0.25, 0.3) is 0 Å². The number of carbonyl (C=O) groups is 1. The molecule has 17 heavy (non-hydrogen) atoms. The van der Waals surface area contributed by atoms with E-state index in [0.29, 0.717) is 16.7 Å². The van der Waals surface area contributed by atoms with Crippen molar-refractivity contribution in [3.05, 3.63) is 29.8 Å². The molecule has 0 amide bonds. The molecule has 1 aromatic carbocycles. The summed E-state index contributed by atoms with van der Waals surface area (Å²) < 4.78 is 0. The Morgan fingerprint density at radius 2 is 1.53 bits per heavy atom. The minimum Gasteiger partial charge on any atom is -0.299 e. The van der Waals surface area contributed by atoms with E-state index in [-0.39, 0.29) is 5.41 Å². The van der Waals surface area contributed by atoms with Gasteiger partial charge in [-0.25, -0.2) is 0 Å². The molecule has 0 bridgehead atoms. The number of hydrogen-bond donors (Lipinski definition) is 0. The SMILES string of the molecule is CC(C)(C)c1ccc([S+]2CCC(=O)CC2)cc1. The normalized spacial score (nSPS) is 18.4. The summed E-state index contributed by atoms with van der Waals surface area (Å²) in [5, 5.41) is 0. The predicted molar refractivity (Wildman–Crippen MR) is 74.7 cm³/mol. The van der Waals surface area contributed by atoms with E-state index < -0.39 is 0 Å². The first kappa shape index (κ1) is 12.7. The molecule has 1 aliphatic rings. The molecule has 0 aliphatic carbocycles. The molecule has 2 rings (SSSR count). The van der Waals surface area contributed by atoms with Crippen molar-refractivity contribution in [2.45, 2.75) is 43.9 Å². The van der Waals surface area contributed by atoms with Gasteiger partial charge in [0.1, 0.15) is 17.3 Å². The lowest BCUT2D eigenvalue weighted by Gasteiger charge is -2.19. The average molecular weight is 249 g/mol. The Bertz CT molecular complexity index is 390. The molecule has 0 N–H and O–H groups in total. The van der Waals surface area contributed by atoms with Crippen molar-refractivity contribution in [3.63, 3.8) is 0 Å². The standard InChI is InChI=1S/C15H21OS/c1-15(2,3)12-4-6-14(7-5-12)17-10-8-13(16)9-11-17/h4-7H,8-11H2,1-3H3/q+1. The van der Waals surface area contributed by atoms with Gasteiger partial charge in [-0.2, -0.15) is 0 Å². The zero-order valence-electron chi connectivity index (χ0n) is 11.0. The van der Waals surface area contributed by atoms with Crippen LogP contribution in [0.15, 0.2) is 29.2 Å². The number of benzene rings is 1. The highest BCUT2D eigenvalue weighted by Crippen LogP contribution is 2.26. The predicted octanol–water partition coefficient (Wildman–Crippen LogP) is 3.32. The van der Waals surface area contributed by atoms with Crippen LogP contribution >= 0.6 is 0 Å². The smallest absolute Gasteiger partial charge is 0.154 e. The van der Waals surface area contributed by atoms with Gasteiger partial charge in [-0.05, 0) is 23.1 Å². The lowest BCUT2D eigenvalue weighted by atomic mass is 9.87. The average Bonchev–Trinajstić information content (AvgIpc) is 2.29. The molecule has 1 fully saturated rings. The fraction of sp³-hybridized carbons (Fsp3) is 0.533. The zero-order chi connectivity index (χ0) is 12.5. The first-order valence-corrected chi connectivity index (χ1v) is 7.83. The van der Waals surface area contributed by atoms with Crippen LogP contribution in [0.5, 0.6) is 0 Å². The van der Waals surface area contributed by atoms with E-state index >= 15 is 0 Å². The van der Waals surface area contributed by atoms with Crippen LogP contribution < -0.4 is 0 Å². The monoisotopic (exact) mass is 249 g/mol. The van der Waals surface area contributed by atoms with Crippen LogP contribution in [-0.2, 0) is 21.1 Å². The molecule has 0 aromatic heterocycles. The van der Waals surface area contributed by atoms with Crippen molar-refractivity contribution in [2.75, 3.05) is 11.5 Å². The number of hydrogen-bond acceptors (Lipinski definition) is 1. The van der Waals surface area contributed by atoms with Gasteiger partial charge in [0, 0.05) is 10.9 Å². The molecule has 0 unspecified atom stereocenters. The van der Waals surface area contributed by atoms with E-state index in [1.165, 1.54) is 10.5 Å². The van der Waals surface area contributed by atoms with Crippen LogP contribution in [-0.4, -0.2) is 17.3 Å². The third-order valence-electron chi connectivity index (χ3n) is 3.31.